The summed E-state index contributed by atoms with van der Waals surface area (Å²) in [7, 11) is 4.00. The first kappa shape index (κ1) is 13.4. The molecule has 0 aromatic heterocycles. The molecule has 20 heavy (non-hydrogen) atoms. The van der Waals surface area contributed by atoms with Crippen molar-refractivity contribution in [3.63, 3.8) is 0 Å². The molecule has 1 aromatic carbocycles. The molecule has 3 N–H and O–H groups in total. The normalized spacial score (nSPS) is 21.9. The van der Waals surface area contributed by atoms with Crippen molar-refractivity contribution >= 4 is 50.2 Å². The van der Waals surface area contributed by atoms with E-state index in [-0.39, 0.29) is 6.17 Å². The second-order valence-corrected chi connectivity index (χ2v) is 6.26. The fourth-order valence-electron chi connectivity index (χ4n) is 1.99. The first-order valence-electron chi connectivity index (χ1n) is 5.57. The van der Waals surface area contributed by atoms with E-state index < -0.39 is 10.0 Å². The first-order valence-corrected chi connectivity index (χ1v) is 7.92. The molecule has 2 heterocycles. The van der Waals surface area contributed by atoms with Crippen molar-refractivity contribution in [1.29, 1.82) is 0 Å². The van der Waals surface area contributed by atoms with E-state index in [1.54, 1.807) is 29.4 Å². The molecule has 1 aromatic rings. The third-order valence-electron chi connectivity index (χ3n) is 2.93. The maximum absolute atomic E-state index is 11.4. The number of hydrazone groups is 1. The molecule has 0 radical (unpaired) electrons. The Morgan fingerprint density at radius 3 is 3.00 bits per heavy atom. The van der Waals surface area contributed by atoms with Crippen LogP contribution in [-0.2, 0) is 10.0 Å². The lowest BCUT2D eigenvalue weighted by Gasteiger charge is -2.26. The van der Waals surface area contributed by atoms with Crippen LogP contribution < -0.4 is 11.1 Å². The van der Waals surface area contributed by atoms with Crippen LogP contribution in [0.2, 0.25) is 5.02 Å². The number of nitrogens with two attached hydrogens (primary N) is 1. The Bertz CT molecular complexity index is 687. The van der Waals surface area contributed by atoms with Gasteiger partial charge in [0.25, 0.3) is 0 Å². The van der Waals surface area contributed by atoms with Gasteiger partial charge in [-0.25, -0.2) is 14.2 Å². The lowest BCUT2D eigenvalue weighted by atomic mass is 10.1. The molecule has 2 unspecified atom stereocenters. The van der Waals surface area contributed by atoms with Gasteiger partial charge in [0, 0.05) is 11.8 Å². The number of hydrogen-bond donors (Lipinski definition) is 2. The van der Waals surface area contributed by atoms with Crippen molar-refractivity contribution in [2.45, 2.75) is 11.1 Å². The highest BCUT2D eigenvalue weighted by atomic mass is 35.7. The zero-order chi connectivity index (χ0) is 14.3. The lowest BCUT2D eigenvalue weighted by Crippen LogP contribution is -2.46. The van der Waals surface area contributed by atoms with Gasteiger partial charge in [0.2, 0.25) is 0 Å². The Hall–Kier alpha value is -1.57. The minimum atomic E-state index is -1.60. The molecule has 0 bridgehead atoms. The molecule has 2 aliphatic rings. The van der Waals surface area contributed by atoms with E-state index in [1.807, 2.05) is 0 Å². The molecule has 104 valence electrons. The molecular formula is C11H9Cl2N5OS. The number of rotatable bonds is 2. The molecule has 6 nitrogen and oxygen atoms in total. The number of benzene rings is 1. The third kappa shape index (κ3) is 2.17. The summed E-state index contributed by atoms with van der Waals surface area (Å²) in [5, 5.41) is 9.38. The van der Waals surface area contributed by atoms with Crippen LogP contribution >= 0.6 is 22.3 Å². The van der Waals surface area contributed by atoms with Crippen molar-refractivity contribution in [3.05, 3.63) is 35.0 Å². The van der Waals surface area contributed by atoms with Gasteiger partial charge < -0.3 is 11.1 Å². The molecule has 2 aliphatic heterocycles. The summed E-state index contributed by atoms with van der Waals surface area (Å²) in [6.45, 7) is 0. The minimum Gasteiger partial charge on any atom is -0.384 e. The maximum Gasteiger partial charge on any atom is 0.179 e. The van der Waals surface area contributed by atoms with E-state index in [4.69, 9.17) is 28.0 Å². The van der Waals surface area contributed by atoms with E-state index in [1.165, 1.54) is 6.34 Å². The molecule has 9 heteroatoms. The zero-order valence-electron chi connectivity index (χ0n) is 9.96. The van der Waals surface area contributed by atoms with Crippen LogP contribution in [0, 0.1) is 0 Å². The predicted octanol–water partition coefficient (Wildman–Crippen LogP) is 1.45. The highest BCUT2D eigenvalue weighted by molar-refractivity contribution is 8.08. The van der Waals surface area contributed by atoms with E-state index >= 15 is 0 Å². The highest BCUT2D eigenvalue weighted by Gasteiger charge is 2.32. The second-order valence-electron chi connectivity index (χ2n) is 4.09. The van der Waals surface area contributed by atoms with Gasteiger partial charge in [0.15, 0.2) is 6.17 Å². The largest absolute Gasteiger partial charge is 0.384 e. The fraction of sp³-hybridized carbons (Fsp3) is 0.0909. The maximum atomic E-state index is 11.4. The molecule has 0 amide bonds. The molecule has 0 aliphatic carbocycles. The Morgan fingerprint density at radius 2 is 2.25 bits per heavy atom. The summed E-state index contributed by atoms with van der Waals surface area (Å²) in [6, 6.07) is 4.93. The van der Waals surface area contributed by atoms with E-state index in [0.717, 1.165) is 0 Å². The summed E-state index contributed by atoms with van der Waals surface area (Å²) in [5.41, 5.74) is 7.17. The smallest absolute Gasteiger partial charge is 0.179 e. The van der Waals surface area contributed by atoms with Crippen LogP contribution in [0.4, 0.5) is 0 Å². The number of aliphatic imine (C=N–C) groups is 1. The molecule has 0 saturated heterocycles. The summed E-state index contributed by atoms with van der Waals surface area (Å²) in [4.78, 5) is 4.40. The van der Waals surface area contributed by atoms with Gasteiger partial charge in [-0.1, -0.05) is 11.6 Å². The predicted molar refractivity (Wildman–Crippen MR) is 80.6 cm³/mol. The number of nitrogens with one attached hydrogen (secondary N) is 1. The number of amidine groups is 1. The van der Waals surface area contributed by atoms with Crippen LogP contribution in [0.5, 0.6) is 0 Å². The van der Waals surface area contributed by atoms with Gasteiger partial charge in [0.05, 0.1) is 15.6 Å². The molecular weight excluding hydrogens is 321 g/mol. The molecule has 3 rings (SSSR count). The molecule has 0 fully saturated rings. The summed E-state index contributed by atoms with van der Waals surface area (Å²) < 4.78 is 11.4. The van der Waals surface area contributed by atoms with Crippen LogP contribution in [0.3, 0.4) is 0 Å². The molecule has 0 spiro atoms. The fourth-order valence-corrected chi connectivity index (χ4v) is 2.88. The third-order valence-corrected chi connectivity index (χ3v) is 4.42. The van der Waals surface area contributed by atoms with Gasteiger partial charge >= 0.3 is 0 Å². The Kier molecular flexibility index (Phi) is 3.41. The van der Waals surface area contributed by atoms with Crippen LogP contribution in [0.1, 0.15) is 5.56 Å². The summed E-state index contributed by atoms with van der Waals surface area (Å²) >= 11 is 6.20. The van der Waals surface area contributed by atoms with Crippen molar-refractivity contribution in [2.24, 2.45) is 15.8 Å². The summed E-state index contributed by atoms with van der Waals surface area (Å²) in [5.74, 6) is 0.402. The van der Waals surface area contributed by atoms with Crippen LogP contribution in [-0.4, -0.2) is 27.6 Å². The van der Waals surface area contributed by atoms with Gasteiger partial charge in [-0.15, -0.1) is 0 Å². The zero-order valence-corrected chi connectivity index (χ0v) is 12.3. The van der Waals surface area contributed by atoms with Crippen molar-refractivity contribution < 1.29 is 4.21 Å². The average molecular weight is 330 g/mol. The highest BCUT2D eigenvalue weighted by Crippen LogP contribution is 2.33. The topological polar surface area (TPSA) is 83.1 Å². The van der Waals surface area contributed by atoms with Crippen molar-refractivity contribution in [3.8, 4) is 0 Å². The molecule has 2 atom stereocenters. The van der Waals surface area contributed by atoms with Crippen LogP contribution in [0.25, 0.3) is 5.70 Å². The van der Waals surface area contributed by atoms with E-state index in [2.05, 4.69) is 15.4 Å². The number of nitrogens with zero attached hydrogens (tertiary/aromatic N) is 3. The Morgan fingerprint density at radius 1 is 1.45 bits per heavy atom. The SMILES string of the molecule is NC1=NC=NN2C(c3cc(S(=O)Cl)ccc3Cl)=CNC12. The Balaban J connectivity index is 2.02. The first-order chi connectivity index (χ1) is 9.58. The minimum absolute atomic E-state index is 0.337. The van der Waals surface area contributed by atoms with Gasteiger partial charge in [-0.05, 0) is 28.9 Å². The van der Waals surface area contributed by atoms with Gasteiger partial charge in [0.1, 0.15) is 22.2 Å². The number of hydrogen-bond acceptors (Lipinski definition) is 6. The lowest BCUT2D eigenvalue weighted by molar-refractivity contribution is 0.372. The standard InChI is InChI=1S/C11H9Cl2N5OS/c12-8-2-1-6(20(13)19)3-7(8)9-4-15-11-10(14)16-5-17-18(9)11/h1-5,11,15H,(H2,14,16,17). The monoisotopic (exact) mass is 329 g/mol. The van der Waals surface area contributed by atoms with Crippen molar-refractivity contribution in [1.82, 2.24) is 10.3 Å². The summed E-state index contributed by atoms with van der Waals surface area (Å²) in [6.07, 6.45) is 2.76. The average Bonchev–Trinajstić information content (AvgIpc) is 2.84. The number of halogens is 2. The van der Waals surface area contributed by atoms with Crippen molar-refractivity contribution in [2.75, 3.05) is 0 Å². The van der Waals surface area contributed by atoms with E-state index in [0.29, 0.717) is 27.0 Å². The van der Waals surface area contributed by atoms with Gasteiger partial charge in [-0.3, -0.25) is 0 Å². The quantitative estimate of drug-likeness (QED) is 0.804. The molecule has 0 saturated carbocycles. The Labute approximate surface area is 126 Å². The second kappa shape index (κ2) is 5.08. The van der Waals surface area contributed by atoms with Gasteiger partial charge in [-0.2, -0.15) is 5.10 Å². The van der Waals surface area contributed by atoms with E-state index in [9.17, 15) is 4.21 Å². The van der Waals surface area contributed by atoms with Crippen LogP contribution in [0.15, 0.2) is 39.4 Å². The number of fused-ring (bicyclic) bond motifs is 1.